The van der Waals surface area contributed by atoms with Crippen molar-refractivity contribution in [3.8, 4) is 6.07 Å². The number of aliphatic hydroxyl groups is 1. The predicted molar refractivity (Wildman–Crippen MR) is 63.6 cm³/mol. The number of likely N-dealkylation sites (tertiary alicyclic amines) is 1. The molecule has 1 N–H and O–H groups in total. The van der Waals surface area contributed by atoms with E-state index in [1.54, 1.807) is 24.3 Å². The number of hydrogen-bond acceptors (Lipinski definition) is 4. The Morgan fingerprint density at radius 3 is 2.72 bits per heavy atom. The molecule has 1 aromatic carbocycles. The normalized spacial score (nSPS) is 22.6. The van der Waals surface area contributed by atoms with Gasteiger partial charge in [-0.2, -0.15) is 5.26 Å². The van der Waals surface area contributed by atoms with E-state index in [4.69, 9.17) is 10.00 Å². The van der Waals surface area contributed by atoms with Gasteiger partial charge in [-0.05, 0) is 24.1 Å². The number of nitriles is 1. The van der Waals surface area contributed by atoms with E-state index in [0.29, 0.717) is 18.5 Å². The summed E-state index contributed by atoms with van der Waals surface area (Å²) in [4.78, 5) is 13.1. The van der Waals surface area contributed by atoms with E-state index in [1.807, 2.05) is 6.07 Å². The third kappa shape index (κ3) is 2.15. The largest absolute Gasteiger partial charge is 0.453 e. The molecule has 5 nitrogen and oxygen atoms in total. The van der Waals surface area contributed by atoms with Crippen LogP contribution in [0.5, 0.6) is 0 Å². The van der Waals surface area contributed by atoms with Crippen molar-refractivity contribution in [3.05, 3.63) is 35.4 Å². The molecule has 0 bridgehead atoms. The van der Waals surface area contributed by atoms with E-state index in [1.165, 1.54) is 12.0 Å². The maximum Gasteiger partial charge on any atom is 0.410 e. The lowest BCUT2D eigenvalue weighted by Gasteiger charge is -2.25. The fraction of sp³-hybridized carbons (Fsp3) is 0.385. The molecule has 0 unspecified atom stereocenters. The molecule has 0 spiro atoms. The maximum absolute atomic E-state index is 11.6. The molecule has 2 atom stereocenters. The molecule has 5 heteroatoms. The highest BCUT2D eigenvalue weighted by molar-refractivity contribution is 5.68. The summed E-state index contributed by atoms with van der Waals surface area (Å²) in [5.41, 5.74) is 1.36. The Morgan fingerprint density at radius 2 is 2.17 bits per heavy atom. The summed E-state index contributed by atoms with van der Waals surface area (Å²) in [6, 6.07) is 8.50. The number of carbonyl (C=O) groups excluding carboxylic acids is 1. The quantitative estimate of drug-likeness (QED) is 0.813. The van der Waals surface area contributed by atoms with Gasteiger partial charge < -0.3 is 9.84 Å². The van der Waals surface area contributed by atoms with Gasteiger partial charge in [-0.15, -0.1) is 0 Å². The number of rotatable bonds is 1. The molecule has 94 valence electrons. The van der Waals surface area contributed by atoms with E-state index in [9.17, 15) is 9.90 Å². The Morgan fingerprint density at radius 1 is 1.50 bits per heavy atom. The van der Waals surface area contributed by atoms with Gasteiger partial charge in [0.25, 0.3) is 0 Å². The van der Waals surface area contributed by atoms with E-state index < -0.39 is 18.2 Å². The minimum Gasteiger partial charge on any atom is -0.453 e. The number of hydrogen-bond donors (Lipinski definition) is 1. The first-order valence-electron chi connectivity index (χ1n) is 5.70. The van der Waals surface area contributed by atoms with Crippen LogP contribution < -0.4 is 0 Å². The first-order valence-corrected chi connectivity index (χ1v) is 5.70. The zero-order chi connectivity index (χ0) is 13.1. The summed E-state index contributed by atoms with van der Waals surface area (Å²) in [6.07, 6.45) is -0.516. The summed E-state index contributed by atoms with van der Waals surface area (Å²) in [5, 5.41) is 18.7. The number of methoxy groups -OCH3 is 1. The van der Waals surface area contributed by atoms with Crippen LogP contribution in [-0.4, -0.2) is 35.9 Å². The number of aliphatic hydroxyl groups excluding tert-OH is 1. The highest BCUT2D eigenvalue weighted by Crippen LogP contribution is 2.32. The van der Waals surface area contributed by atoms with Crippen LogP contribution in [-0.2, 0) is 4.74 Å². The molecule has 1 fully saturated rings. The first kappa shape index (κ1) is 12.4. The molecule has 18 heavy (non-hydrogen) atoms. The van der Waals surface area contributed by atoms with Gasteiger partial charge in [0, 0.05) is 6.54 Å². The smallest absolute Gasteiger partial charge is 0.410 e. The predicted octanol–water partition coefficient (Wildman–Crippen LogP) is 1.43. The van der Waals surface area contributed by atoms with Crippen LogP contribution in [0.4, 0.5) is 4.79 Å². The Labute approximate surface area is 105 Å². The molecular weight excluding hydrogens is 232 g/mol. The summed E-state index contributed by atoms with van der Waals surface area (Å²) in [7, 11) is 1.32. The second kappa shape index (κ2) is 5.07. The molecule has 0 aromatic heterocycles. The third-order valence-corrected chi connectivity index (χ3v) is 3.16. The van der Waals surface area contributed by atoms with Crippen LogP contribution in [0.3, 0.4) is 0 Å². The minimum absolute atomic E-state index is 0.398. The molecule has 0 radical (unpaired) electrons. The number of benzene rings is 1. The van der Waals surface area contributed by atoms with E-state index in [0.717, 1.165) is 5.56 Å². The van der Waals surface area contributed by atoms with Crippen LogP contribution in [0.2, 0.25) is 0 Å². The lowest BCUT2D eigenvalue weighted by molar-refractivity contribution is 0.0888. The highest BCUT2D eigenvalue weighted by Gasteiger charge is 2.37. The fourth-order valence-corrected chi connectivity index (χ4v) is 2.26. The van der Waals surface area contributed by atoms with Gasteiger partial charge in [0.2, 0.25) is 0 Å². The van der Waals surface area contributed by atoms with Crippen molar-refractivity contribution in [2.75, 3.05) is 13.7 Å². The summed E-state index contributed by atoms with van der Waals surface area (Å²) >= 11 is 0. The Kier molecular flexibility index (Phi) is 3.49. The summed E-state index contributed by atoms with van der Waals surface area (Å²) < 4.78 is 4.70. The van der Waals surface area contributed by atoms with Gasteiger partial charge >= 0.3 is 6.09 Å². The first-order chi connectivity index (χ1) is 8.67. The van der Waals surface area contributed by atoms with Gasteiger partial charge in [-0.3, -0.25) is 4.90 Å². The zero-order valence-electron chi connectivity index (χ0n) is 10.0. The van der Waals surface area contributed by atoms with Gasteiger partial charge in [0.15, 0.2) is 0 Å². The molecule has 1 amide bonds. The van der Waals surface area contributed by atoms with Crippen LogP contribution in [0, 0.1) is 11.3 Å². The second-order valence-corrected chi connectivity index (χ2v) is 4.20. The van der Waals surface area contributed by atoms with Gasteiger partial charge in [0.05, 0.1) is 30.9 Å². The molecule has 1 heterocycles. The van der Waals surface area contributed by atoms with Crippen LogP contribution in [0.1, 0.15) is 23.6 Å². The molecule has 1 saturated heterocycles. The molecule has 1 aliphatic rings. The number of nitrogens with zero attached hydrogens (tertiary/aromatic N) is 2. The molecule has 2 rings (SSSR count). The van der Waals surface area contributed by atoms with Gasteiger partial charge in [0.1, 0.15) is 0 Å². The highest BCUT2D eigenvalue weighted by atomic mass is 16.5. The standard InChI is InChI=1S/C13H14N2O3/c1-18-13(17)15-7-6-11(16)12(15)10-4-2-9(8-14)3-5-10/h2-5,11-12,16H,6-7H2,1H3/t11-,12-/m0/s1. The van der Waals surface area contributed by atoms with Crippen molar-refractivity contribution in [1.29, 1.82) is 5.26 Å². The monoisotopic (exact) mass is 246 g/mol. The number of amides is 1. The van der Waals surface area contributed by atoms with Crippen LogP contribution in [0.15, 0.2) is 24.3 Å². The number of ether oxygens (including phenoxy) is 1. The second-order valence-electron chi connectivity index (χ2n) is 4.20. The van der Waals surface area contributed by atoms with E-state index >= 15 is 0 Å². The average molecular weight is 246 g/mol. The van der Waals surface area contributed by atoms with Crippen molar-refractivity contribution in [2.24, 2.45) is 0 Å². The van der Waals surface area contributed by atoms with Gasteiger partial charge in [-0.25, -0.2) is 4.79 Å². The summed E-state index contributed by atoms with van der Waals surface area (Å²) in [5.74, 6) is 0. The molecule has 1 aliphatic heterocycles. The lowest BCUT2D eigenvalue weighted by atomic mass is 10.0. The fourth-order valence-electron chi connectivity index (χ4n) is 2.26. The zero-order valence-corrected chi connectivity index (χ0v) is 10.0. The van der Waals surface area contributed by atoms with E-state index in [-0.39, 0.29) is 0 Å². The van der Waals surface area contributed by atoms with E-state index in [2.05, 4.69) is 0 Å². The van der Waals surface area contributed by atoms with Gasteiger partial charge in [-0.1, -0.05) is 12.1 Å². The summed E-state index contributed by atoms with van der Waals surface area (Å²) in [6.45, 7) is 0.471. The number of carbonyl (C=O) groups is 1. The minimum atomic E-state index is -0.600. The van der Waals surface area contributed by atoms with Crippen molar-refractivity contribution in [1.82, 2.24) is 4.90 Å². The molecular formula is C13H14N2O3. The molecule has 1 aromatic rings. The van der Waals surface area contributed by atoms with Crippen molar-refractivity contribution in [2.45, 2.75) is 18.6 Å². The molecule has 0 aliphatic carbocycles. The Balaban J connectivity index is 2.28. The SMILES string of the molecule is COC(=O)N1CC[C@H](O)[C@@H]1c1ccc(C#N)cc1. The molecule has 0 saturated carbocycles. The van der Waals surface area contributed by atoms with Crippen molar-refractivity contribution >= 4 is 6.09 Å². The van der Waals surface area contributed by atoms with Crippen LogP contribution in [0.25, 0.3) is 0 Å². The van der Waals surface area contributed by atoms with Crippen LogP contribution >= 0.6 is 0 Å². The Hall–Kier alpha value is -2.06. The average Bonchev–Trinajstić information content (AvgIpc) is 2.80. The Bertz CT molecular complexity index is 478. The maximum atomic E-state index is 11.6. The van der Waals surface area contributed by atoms with Crippen molar-refractivity contribution in [3.63, 3.8) is 0 Å². The van der Waals surface area contributed by atoms with Crippen molar-refractivity contribution < 1.29 is 14.6 Å². The lowest BCUT2D eigenvalue weighted by Crippen LogP contribution is -2.33. The third-order valence-electron chi connectivity index (χ3n) is 3.16. The topological polar surface area (TPSA) is 73.6 Å².